The highest BCUT2D eigenvalue weighted by Crippen LogP contribution is 2.38. The highest BCUT2D eigenvalue weighted by molar-refractivity contribution is 6.40. The molecular weight excluding hydrogens is 272 g/mol. The number of aromatic hydroxyl groups is 1. The number of likely N-dealkylation sites (tertiary alicyclic amines) is 1. The lowest BCUT2D eigenvalue weighted by atomic mass is 9.91. The predicted molar refractivity (Wildman–Crippen MR) is 77.7 cm³/mol. The number of benzene rings is 1. The van der Waals surface area contributed by atoms with Gasteiger partial charge in [0.25, 0.3) is 5.91 Å². The Morgan fingerprint density at radius 2 is 2.19 bits per heavy atom. The van der Waals surface area contributed by atoms with Crippen LogP contribution in [0.15, 0.2) is 30.9 Å². The van der Waals surface area contributed by atoms with Crippen LogP contribution in [0, 0.1) is 0 Å². The fourth-order valence-electron chi connectivity index (χ4n) is 2.79. The zero-order valence-electron chi connectivity index (χ0n) is 11.5. The third kappa shape index (κ3) is 2.75. The first-order chi connectivity index (χ1) is 9.99. The summed E-state index contributed by atoms with van der Waals surface area (Å²) in [7, 11) is 0. The highest BCUT2D eigenvalue weighted by Gasteiger charge is 2.39. The van der Waals surface area contributed by atoms with Gasteiger partial charge in [0.2, 0.25) is 5.78 Å². The molecule has 2 atom stereocenters. The molecule has 1 aromatic carbocycles. The molecule has 0 radical (unpaired) electrons. The molecule has 1 amide bonds. The van der Waals surface area contributed by atoms with Gasteiger partial charge in [-0.05, 0) is 30.7 Å². The molecule has 1 aromatic rings. The largest absolute Gasteiger partial charge is 0.508 e. The third-order valence-corrected chi connectivity index (χ3v) is 3.84. The van der Waals surface area contributed by atoms with Crippen molar-refractivity contribution in [2.45, 2.75) is 18.4 Å². The minimum atomic E-state index is -0.703. The average molecular weight is 290 g/mol. The minimum Gasteiger partial charge on any atom is -0.508 e. The van der Waals surface area contributed by atoms with E-state index >= 15 is 0 Å². The Morgan fingerprint density at radius 3 is 2.81 bits per heavy atom. The molecule has 0 saturated carbocycles. The van der Waals surface area contributed by atoms with Crippen molar-refractivity contribution in [1.82, 2.24) is 4.90 Å². The summed E-state index contributed by atoms with van der Waals surface area (Å²) in [5, 5.41) is 19.6. The van der Waals surface area contributed by atoms with Crippen LogP contribution in [0.2, 0.25) is 0 Å². The van der Waals surface area contributed by atoms with E-state index in [9.17, 15) is 19.8 Å². The number of amides is 1. The van der Waals surface area contributed by atoms with Crippen LogP contribution in [0.3, 0.4) is 0 Å². The van der Waals surface area contributed by atoms with E-state index < -0.39 is 17.7 Å². The summed E-state index contributed by atoms with van der Waals surface area (Å²) >= 11 is 0. The minimum absolute atomic E-state index is 0.0667. The van der Waals surface area contributed by atoms with Gasteiger partial charge in [-0.25, -0.2) is 0 Å². The van der Waals surface area contributed by atoms with E-state index in [2.05, 4.69) is 6.58 Å². The maximum absolute atomic E-state index is 12.0. The summed E-state index contributed by atoms with van der Waals surface area (Å²) < 4.78 is 0. The molecular formula is C15H18N2O4. The van der Waals surface area contributed by atoms with Gasteiger partial charge in [0.15, 0.2) is 0 Å². The number of aliphatic hydroxyl groups excluding tert-OH is 1. The fraction of sp³-hybridized carbons (Fsp3) is 0.333. The summed E-state index contributed by atoms with van der Waals surface area (Å²) in [6.07, 6.45) is 1.50. The Bertz CT molecular complexity index is 585. The van der Waals surface area contributed by atoms with Crippen LogP contribution in [0.5, 0.6) is 5.75 Å². The molecule has 0 aliphatic carbocycles. The van der Waals surface area contributed by atoms with Gasteiger partial charge in [-0.3, -0.25) is 9.59 Å². The van der Waals surface area contributed by atoms with Crippen LogP contribution >= 0.6 is 0 Å². The molecule has 1 saturated heterocycles. The molecule has 6 nitrogen and oxygen atoms in total. The maximum Gasteiger partial charge on any atom is 0.294 e. The molecule has 6 heteroatoms. The summed E-state index contributed by atoms with van der Waals surface area (Å²) in [5.74, 6) is -1.59. The number of nitrogens with zero attached hydrogens (tertiary/aromatic N) is 1. The molecule has 4 N–H and O–H groups in total. The highest BCUT2D eigenvalue weighted by atomic mass is 16.3. The van der Waals surface area contributed by atoms with Crippen molar-refractivity contribution < 1.29 is 19.8 Å². The van der Waals surface area contributed by atoms with Gasteiger partial charge in [-0.1, -0.05) is 6.58 Å². The van der Waals surface area contributed by atoms with Crippen molar-refractivity contribution in [3.8, 4) is 5.75 Å². The second-order valence-corrected chi connectivity index (χ2v) is 5.03. The van der Waals surface area contributed by atoms with Crippen molar-refractivity contribution in [2.24, 2.45) is 0 Å². The lowest BCUT2D eigenvalue weighted by Gasteiger charge is -2.26. The van der Waals surface area contributed by atoms with E-state index in [0.717, 1.165) is 6.08 Å². The summed E-state index contributed by atoms with van der Waals surface area (Å²) in [5.41, 5.74) is 6.80. The second kappa shape index (κ2) is 5.97. The van der Waals surface area contributed by atoms with Crippen molar-refractivity contribution in [3.63, 3.8) is 0 Å². The fourth-order valence-corrected chi connectivity index (χ4v) is 2.79. The first-order valence-electron chi connectivity index (χ1n) is 6.66. The normalized spacial score (nSPS) is 21.3. The predicted octanol–water partition coefficient (Wildman–Crippen LogP) is 0.406. The number of aliphatic hydroxyl groups is 1. The van der Waals surface area contributed by atoms with Crippen LogP contribution < -0.4 is 5.73 Å². The van der Waals surface area contributed by atoms with E-state index in [-0.39, 0.29) is 18.3 Å². The monoisotopic (exact) mass is 290 g/mol. The van der Waals surface area contributed by atoms with E-state index in [1.165, 1.54) is 11.0 Å². The summed E-state index contributed by atoms with van der Waals surface area (Å²) in [4.78, 5) is 24.8. The van der Waals surface area contributed by atoms with Crippen LogP contribution in [0.1, 0.15) is 17.9 Å². The van der Waals surface area contributed by atoms with Crippen LogP contribution in [0.4, 0.5) is 5.69 Å². The number of nitrogen functional groups attached to an aromatic ring is 1. The first-order valence-corrected chi connectivity index (χ1v) is 6.66. The van der Waals surface area contributed by atoms with Gasteiger partial charge < -0.3 is 20.8 Å². The van der Waals surface area contributed by atoms with Crippen molar-refractivity contribution >= 4 is 17.4 Å². The van der Waals surface area contributed by atoms with Gasteiger partial charge >= 0.3 is 0 Å². The number of phenolic OH excluding ortho intramolecular Hbond substituents is 1. The smallest absolute Gasteiger partial charge is 0.294 e. The molecule has 1 aliphatic rings. The zero-order chi connectivity index (χ0) is 15.6. The molecule has 0 bridgehead atoms. The Labute approximate surface area is 122 Å². The molecule has 21 heavy (non-hydrogen) atoms. The zero-order valence-corrected chi connectivity index (χ0v) is 11.5. The SMILES string of the molecule is C=CC(=O)C(=O)N1CCC(c2cc(N)ccc2O)C1CO. The quantitative estimate of drug-likeness (QED) is 0.322. The number of anilines is 1. The van der Waals surface area contributed by atoms with Crippen LogP contribution in [0.25, 0.3) is 0 Å². The molecule has 112 valence electrons. The topological polar surface area (TPSA) is 104 Å². The van der Waals surface area contributed by atoms with Crippen molar-refractivity contribution in [2.75, 3.05) is 18.9 Å². The lowest BCUT2D eigenvalue weighted by molar-refractivity contribution is -0.143. The number of hydrogen-bond donors (Lipinski definition) is 3. The Hall–Kier alpha value is -2.34. The van der Waals surface area contributed by atoms with Crippen LogP contribution in [-0.4, -0.2) is 46.0 Å². The molecule has 1 heterocycles. The average Bonchev–Trinajstić information content (AvgIpc) is 2.91. The van der Waals surface area contributed by atoms with Crippen LogP contribution in [-0.2, 0) is 9.59 Å². The number of carbonyl (C=O) groups excluding carboxylic acids is 2. The molecule has 0 aromatic heterocycles. The number of rotatable bonds is 4. The first kappa shape index (κ1) is 15.1. The lowest BCUT2D eigenvalue weighted by Crippen LogP contribution is -2.42. The summed E-state index contributed by atoms with van der Waals surface area (Å²) in [6, 6.07) is 4.13. The molecule has 1 fully saturated rings. The number of ketones is 1. The van der Waals surface area contributed by atoms with Gasteiger partial charge in [0.05, 0.1) is 12.6 Å². The Balaban J connectivity index is 2.31. The number of phenols is 1. The maximum atomic E-state index is 12.0. The van der Waals surface area contributed by atoms with E-state index in [4.69, 9.17) is 5.73 Å². The Kier molecular flexibility index (Phi) is 4.28. The molecule has 1 aliphatic heterocycles. The summed E-state index contributed by atoms with van der Waals surface area (Å²) in [6.45, 7) is 3.33. The van der Waals surface area contributed by atoms with Gasteiger partial charge in [0.1, 0.15) is 5.75 Å². The van der Waals surface area contributed by atoms with Crippen molar-refractivity contribution in [1.29, 1.82) is 0 Å². The van der Waals surface area contributed by atoms with Gasteiger partial charge in [-0.15, -0.1) is 0 Å². The molecule has 2 unspecified atom stereocenters. The second-order valence-electron chi connectivity index (χ2n) is 5.03. The van der Waals surface area contributed by atoms with Gasteiger partial charge in [0, 0.05) is 23.7 Å². The van der Waals surface area contributed by atoms with Gasteiger partial charge in [-0.2, -0.15) is 0 Å². The number of carbonyl (C=O) groups is 2. The Morgan fingerprint density at radius 1 is 1.48 bits per heavy atom. The van der Waals surface area contributed by atoms with Crippen molar-refractivity contribution in [3.05, 3.63) is 36.4 Å². The van der Waals surface area contributed by atoms with E-state index in [1.54, 1.807) is 12.1 Å². The third-order valence-electron chi connectivity index (χ3n) is 3.84. The number of nitrogens with two attached hydrogens (primary N) is 1. The van der Waals surface area contributed by atoms with E-state index in [0.29, 0.717) is 24.2 Å². The molecule has 2 rings (SSSR count). The molecule has 0 spiro atoms. The number of hydrogen-bond acceptors (Lipinski definition) is 5. The van der Waals surface area contributed by atoms with E-state index in [1.807, 2.05) is 0 Å². The standard InChI is InChI=1S/C15H18N2O4/c1-2-13(19)15(21)17-6-5-10(12(17)8-18)11-7-9(16)3-4-14(11)20/h2-4,7,10,12,18,20H,1,5-6,8,16H2.